The smallest absolute Gasteiger partial charge is 0.0631 e. The summed E-state index contributed by atoms with van der Waals surface area (Å²) in [4.78, 5) is 0. The van der Waals surface area contributed by atoms with E-state index in [9.17, 15) is 0 Å². The van der Waals surface area contributed by atoms with Crippen molar-refractivity contribution in [2.75, 3.05) is 0 Å². The number of hydrogen-bond donors (Lipinski definition) is 0. The predicted octanol–water partition coefficient (Wildman–Crippen LogP) is 3.24. The molecule has 1 rings (SSSR count). The van der Waals surface area contributed by atoms with Crippen LogP contribution in [0.3, 0.4) is 0 Å². The fraction of sp³-hybridized carbons (Fsp3) is 0.750. The molecule has 2 nitrogen and oxygen atoms in total. The molecule has 0 bridgehead atoms. The Kier molecular flexibility index (Phi) is 2.51. The first-order chi connectivity index (χ1) is 6.12. The monoisotopic (exact) mass is 194 g/mol. The largest absolute Gasteiger partial charge is 0.267 e. The van der Waals surface area contributed by atoms with Crippen molar-refractivity contribution in [3.63, 3.8) is 0 Å². The first-order valence-corrected chi connectivity index (χ1v) is 5.19. The van der Waals surface area contributed by atoms with Gasteiger partial charge in [0.2, 0.25) is 0 Å². The minimum Gasteiger partial charge on any atom is -0.267 e. The normalized spacial score (nSPS) is 13.4. The zero-order chi connectivity index (χ0) is 11.1. The first kappa shape index (κ1) is 11.3. The topological polar surface area (TPSA) is 17.8 Å². The molecule has 1 heterocycles. The minimum atomic E-state index is 0.0776. The molecule has 1 aromatic rings. The van der Waals surface area contributed by atoms with Crippen LogP contribution < -0.4 is 0 Å². The fourth-order valence-electron chi connectivity index (χ4n) is 1.54. The number of aryl methyl sites for hydroxylation is 1. The van der Waals surface area contributed by atoms with Gasteiger partial charge in [0.05, 0.1) is 11.2 Å². The number of hydrogen-bond acceptors (Lipinski definition) is 1. The average Bonchev–Trinajstić information content (AvgIpc) is 2.27. The van der Waals surface area contributed by atoms with Gasteiger partial charge in [-0.2, -0.15) is 5.10 Å². The second-order valence-electron chi connectivity index (χ2n) is 5.99. The van der Waals surface area contributed by atoms with E-state index in [1.54, 1.807) is 0 Å². The summed E-state index contributed by atoms with van der Waals surface area (Å²) in [6, 6.07) is 0. The van der Waals surface area contributed by atoms with Gasteiger partial charge in [-0.3, -0.25) is 4.68 Å². The zero-order valence-electron chi connectivity index (χ0n) is 10.5. The average molecular weight is 194 g/mol. The Bertz CT molecular complexity index is 321. The van der Waals surface area contributed by atoms with Crippen LogP contribution in [0.1, 0.15) is 52.8 Å². The Labute approximate surface area is 87.3 Å². The third-order valence-electron chi connectivity index (χ3n) is 2.39. The molecule has 14 heavy (non-hydrogen) atoms. The van der Waals surface area contributed by atoms with Crippen molar-refractivity contribution in [2.45, 2.75) is 59.4 Å². The highest BCUT2D eigenvalue weighted by Gasteiger charge is 2.22. The summed E-state index contributed by atoms with van der Waals surface area (Å²) in [6.07, 6.45) is 2.18. The molecule has 0 unspecified atom stereocenters. The fourth-order valence-corrected chi connectivity index (χ4v) is 1.54. The van der Waals surface area contributed by atoms with Gasteiger partial charge in [-0.25, -0.2) is 0 Å². The Hall–Kier alpha value is -0.790. The minimum absolute atomic E-state index is 0.0776. The van der Waals surface area contributed by atoms with Crippen LogP contribution in [0.4, 0.5) is 0 Å². The van der Waals surface area contributed by atoms with E-state index < -0.39 is 0 Å². The molecule has 0 aromatic carbocycles. The van der Waals surface area contributed by atoms with E-state index in [4.69, 9.17) is 0 Å². The lowest BCUT2D eigenvalue weighted by Crippen LogP contribution is -2.22. The maximum atomic E-state index is 4.57. The Morgan fingerprint density at radius 2 is 1.57 bits per heavy atom. The second kappa shape index (κ2) is 3.11. The van der Waals surface area contributed by atoms with Gasteiger partial charge in [0, 0.05) is 6.20 Å². The van der Waals surface area contributed by atoms with Crippen molar-refractivity contribution in [1.82, 2.24) is 9.78 Å². The Balaban J connectivity index is 3.19. The van der Waals surface area contributed by atoms with Gasteiger partial charge in [-0.15, -0.1) is 0 Å². The summed E-state index contributed by atoms with van der Waals surface area (Å²) >= 11 is 0. The maximum absolute atomic E-state index is 4.57. The maximum Gasteiger partial charge on any atom is 0.0631 e. The summed E-state index contributed by atoms with van der Waals surface area (Å²) in [5.74, 6) is 0. The van der Waals surface area contributed by atoms with E-state index in [1.165, 1.54) is 5.56 Å². The van der Waals surface area contributed by atoms with E-state index in [-0.39, 0.29) is 11.0 Å². The highest BCUT2D eigenvalue weighted by atomic mass is 15.3. The van der Waals surface area contributed by atoms with Crippen LogP contribution in [-0.4, -0.2) is 9.78 Å². The third-order valence-corrected chi connectivity index (χ3v) is 2.39. The first-order valence-electron chi connectivity index (χ1n) is 5.19. The zero-order valence-corrected chi connectivity index (χ0v) is 10.5. The van der Waals surface area contributed by atoms with Gasteiger partial charge in [0.15, 0.2) is 0 Å². The van der Waals surface area contributed by atoms with Crippen LogP contribution in [0.5, 0.6) is 0 Å². The molecule has 0 saturated carbocycles. The summed E-state index contributed by atoms with van der Waals surface area (Å²) in [7, 11) is 0. The van der Waals surface area contributed by atoms with Gasteiger partial charge >= 0.3 is 0 Å². The number of rotatable bonds is 0. The van der Waals surface area contributed by atoms with Crippen LogP contribution in [0.25, 0.3) is 0 Å². The standard InChI is InChI=1S/C12H22N2/c1-9-10(11(2,3)4)8-14(13-9)12(5,6)7/h8H,1-7H3. The Morgan fingerprint density at radius 1 is 1.07 bits per heavy atom. The van der Waals surface area contributed by atoms with E-state index in [1.807, 2.05) is 0 Å². The molecular weight excluding hydrogens is 172 g/mol. The lowest BCUT2D eigenvalue weighted by molar-refractivity contribution is 0.353. The van der Waals surface area contributed by atoms with Gasteiger partial charge in [0.1, 0.15) is 0 Å². The summed E-state index contributed by atoms with van der Waals surface area (Å²) in [5, 5.41) is 4.57. The van der Waals surface area contributed by atoms with Crippen molar-refractivity contribution in [3.05, 3.63) is 17.5 Å². The molecule has 0 amide bonds. The van der Waals surface area contributed by atoms with Crippen molar-refractivity contribution in [2.24, 2.45) is 0 Å². The van der Waals surface area contributed by atoms with Crippen LogP contribution in [0.2, 0.25) is 0 Å². The molecule has 0 spiro atoms. The van der Waals surface area contributed by atoms with Gasteiger partial charge in [-0.1, -0.05) is 20.8 Å². The Morgan fingerprint density at radius 3 is 1.79 bits per heavy atom. The van der Waals surface area contributed by atoms with Crippen LogP contribution in [0.15, 0.2) is 6.20 Å². The molecule has 0 aliphatic rings. The molecule has 0 aliphatic heterocycles. The highest BCUT2D eigenvalue weighted by molar-refractivity contribution is 5.24. The van der Waals surface area contributed by atoms with Crippen LogP contribution >= 0.6 is 0 Å². The van der Waals surface area contributed by atoms with Crippen molar-refractivity contribution >= 4 is 0 Å². The van der Waals surface area contributed by atoms with Crippen molar-refractivity contribution in [3.8, 4) is 0 Å². The summed E-state index contributed by atoms with van der Waals surface area (Å²) < 4.78 is 2.06. The molecule has 0 fully saturated rings. The molecule has 0 atom stereocenters. The van der Waals surface area contributed by atoms with Crippen LogP contribution in [-0.2, 0) is 11.0 Å². The number of nitrogens with zero attached hydrogens (tertiary/aromatic N) is 2. The quantitative estimate of drug-likeness (QED) is 0.620. The summed E-state index contributed by atoms with van der Waals surface area (Å²) in [6.45, 7) is 15.3. The molecule has 2 heteroatoms. The van der Waals surface area contributed by atoms with Crippen molar-refractivity contribution in [1.29, 1.82) is 0 Å². The molecule has 0 radical (unpaired) electrons. The van der Waals surface area contributed by atoms with Crippen LogP contribution in [0, 0.1) is 6.92 Å². The second-order valence-corrected chi connectivity index (χ2v) is 5.99. The lowest BCUT2D eigenvalue weighted by Gasteiger charge is -2.20. The van der Waals surface area contributed by atoms with E-state index in [0.29, 0.717) is 0 Å². The number of aromatic nitrogens is 2. The lowest BCUT2D eigenvalue weighted by atomic mass is 9.87. The van der Waals surface area contributed by atoms with E-state index >= 15 is 0 Å². The van der Waals surface area contributed by atoms with E-state index in [0.717, 1.165) is 5.69 Å². The molecule has 0 aliphatic carbocycles. The predicted molar refractivity (Wildman–Crippen MR) is 60.7 cm³/mol. The SMILES string of the molecule is Cc1nn(C(C)(C)C)cc1C(C)(C)C. The van der Waals surface area contributed by atoms with E-state index in [2.05, 4.69) is 64.4 Å². The molecule has 1 aromatic heterocycles. The van der Waals surface area contributed by atoms with Crippen molar-refractivity contribution < 1.29 is 0 Å². The molecular formula is C12H22N2. The molecule has 0 saturated heterocycles. The summed E-state index contributed by atoms with van der Waals surface area (Å²) in [5.41, 5.74) is 2.75. The van der Waals surface area contributed by atoms with Gasteiger partial charge < -0.3 is 0 Å². The van der Waals surface area contributed by atoms with Gasteiger partial charge in [0.25, 0.3) is 0 Å². The van der Waals surface area contributed by atoms with Gasteiger partial charge in [-0.05, 0) is 38.7 Å². The third kappa shape index (κ3) is 2.17. The molecule has 80 valence electrons. The molecule has 0 N–H and O–H groups in total. The highest BCUT2D eigenvalue weighted by Crippen LogP contribution is 2.26.